The zero-order chi connectivity index (χ0) is 10.4. The van der Waals surface area contributed by atoms with Gasteiger partial charge >= 0.3 is 0 Å². The van der Waals surface area contributed by atoms with E-state index in [-0.39, 0.29) is 17.9 Å². The fourth-order valence-electron chi connectivity index (χ4n) is 1.72. The van der Waals surface area contributed by atoms with Gasteiger partial charge in [0.25, 0.3) is 0 Å². The first-order valence-corrected chi connectivity index (χ1v) is 6.15. The molecule has 1 unspecified atom stereocenters. The van der Waals surface area contributed by atoms with Gasteiger partial charge in [0, 0.05) is 18.8 Å². The molecular weight excluding hydrogens is 204 g/mol. The first-order chi connectivity index (χ1) is 6.41. The fourth-order valence-corrected chi connectivity index (χ4v) is 3.55. The molecule has 78 valence electrons. The van der Waals surface area contributed by atoms with Gasteiger partial charge in [-0.15, -0.1) is 0 Å². The van der Waals surface area contributed by atoms with Crippen molar-refractivity contribution in [2.45, 2.75) is 12.0 Å². The average molecular weight is 216 g/mol. The number of aliphatic hydroxyl groups is 1. The van der Waals surface area contributed by atoms with Crippen molar-refractivity contribution >= 4 is 9.84 Å². The van der Waals surface area contributed by atoms with Gasteiger partial charge in [0.05, 0.1) is 17.7 Å². The summed E-state index contributed by atoms with van der Waals surface area (Å²) in [6, 6.07) is 0. The van der Waals surface area contributed by atoms with E-state index >= 15 is 0 Å². The lowest BCUT2D eigenvalue weighted by atomic mass is 9.97. The molecule has 0 aromatic carbocycles. The molecule has 6 heteroatoms. The van der Waals surface area contributed by atoms with Crippen LogP contribution in [-0.2, 0) is 22.5 Å². The molecule has 1 N–H and O–H groups in total. The van der Waals surface area contributed by atoms with Crippen molar-refractivity contribution in [3.63, 3.8) is 0 Å². The minimum atomic E-state index is -3.08. The van der Waals surface area contributed by atoms with E-state index in [4.69, 9.17) is 0 Å². The van der Waals surface area contributed by atoms with Crippen LogP contribution in [0.15, 0.2) is 12.4 Å². The van der Waals surface area contributed by atoms with Gasteiger partial charge in [-0.05, 0) is 6.42 Å². The Morgan fingerprint density at radius 3 is 2.79 bits per heavy atom. The molecule has 2 rings (SSSR count). The third-order valence-corrected chi connectivity index (χ3v) is 4.27. The van der Waals surface area contributed by atoms with E-state index in [1.54, 1.807) is 17.9 Å². The summed E-state index contributed by atoms with van der Waals surface area (Å²) in [4.78, 5) is 0. The second-order valence-electron chi connectivity index (χ2n) is 3.78. The molecule has 14 heavy (non-hydrogen) atoms. The molecule has 0 radical (unpaired) electrons. The lowest BCUT2D eigenvalue weighted by molar-refractivity contribution is 0.0652. The quantitative estimate of drug-likeness (QED) is 0.682. The molecule has 0 amide bonds. The van der Waals surface area contributed by atoms with Gasteiger partial charge in [0.15, 0.2) is 9.84 Å². The van der Waals surface area contributed by atoms with E-state index in [9.17, 15) is 13.5 Å². The minimum Gasteiger partial charge on any atom is -0.384 e. The van der Waals surface area contributed by atoms with Crippen LogP contribution in [0.3, 0.4) is 0 Å². The Kier molecular flexibility index (Phi) is 1.94. The predicted octanol–water partition coefficient (Wildman–Crippen LogP) is -0.574. The summed E-state index contributed by atoms with van der Waals surface area (Å²) < 4.78 is 24.0. The van der Waals surface area contributed by atoms with E-state index < -0.39 is 15.4 Å². The Labute approximate surface area is 82.3 Å². The third-order valence-electron chi connectivity index (χ3n) is 2.53. The molecule has 1 aromatic rings. The standard InChI is InChI=1S/C8H12N2O3S/c1-10-5-7(4-9-10)8(11)2-3-14(12,13)6-8/h4-5,11H,2-3,6H2,1H3. The zero-order valence-corrected chi connectivity index (χ0v) is 8.66. The lowest BCUT2D eigenvalue weighted by Gasteiger charge is -2.17. The van der Waals surface area contributed by atoms with E-state index in [2.05, 4.69) is 5.10 Å². The topological polar surface area (TPSA) is 72.2 Å². The molecule has 1 fully saturated rings. The van der Waals surface area contributed by atoms with E-state index in [0.717, 1.165) is 0 Å². The summed E-state index contributed by atoms with van der Waals surface area (Å²) in [5, 5.41) is 14.0. The van der Waals surface area contributed by atoms with Crippen LogP contribution in [0.5, 0.6) is 0 Å². The number of hydrogen-bond acceptors (Lipinski definition) is 4. The van der Waals surface area contributed by atoms with Gasteiger partial charge in [0.1, 0.15) is 5.60 Å². The van der Waals surface area contributed by atoms with E-state index in [1.807, 2.05) is 0 Å². The van der Waals surface area contributed by atoms with Gasteiger partial charge in [-0.1, -0.05) is 0 Å². The van der Waals surface area contributed by atoms with Crippen molar-refractivity contribution in [1.82, 2.24) is 9.78 Å². The molecule has 1 aromatic heterocycles. The summed E-state index contributed by atoms with van der Waals surface area (Å²) in [6.45, 7) is 0. The lowest BCUT2D eigenvalue weighted by Crippen LogP contribution is -2.26. The highest BCUT2D eigenvalue weighted by molar-refractivity contribution is 7.91. The predicted molar refractivity (Wildman–Crippen MR) is 50.4 cm³/mol. The maximum absolute atomic E-state index is 11.2. The highest BCUT2D eigenvalue weighted by Crippen LogP contribution is 2.32. The smallest absolute Gasteiger partial charge is 0.153 e. The monoisotopic (exact) mass is 216 g/mol. The number of aromatic nitrogens is 2. The minimum absolute atomic E-state index is 0.0540. The molecule has 2 heterocycles. The van der Waals surface area contributed by atoms with Crippen molar-refractivity contribution < 1.29 is 13.5 Å². The first kappa shape index (κ1) is 9.67. The Bertz CT molecular complexity index is 451. The molecule has 1 saturated heterocycles. The Morgan fingerprint density at radius 2 is 2.36 bits per heavy atom. The van der Waals surface area contributed by atoms with Crippen molar-refractivity contribution in [2.75, 3.05) is 11.5 Å². The van der Waals surface area contributed by atoms with Crippen LogP contribution in [0.2, 0.25) is 0 Å². The van der Waals surface area contributed by atoms with Crippen LogP contribution in [0.25, 0.3) is 0 Å². The number of nitrogens with zero attached hydrogens (tertiary/aromatic N) is 2. The molecule has 1 atom stereocenters. The zero-order valence-electron chi connectivity index (χ0n) is 7.84. The van der Waals surface area contributed by atoms with E-state index in [0.29, 0.717) is 5.56 Å². The van der Waals surface area contributed by atoms with Crippen LogP contribution in [-0.4, -0.2) is 34.8 Å². The largest absolute Gasteiger partial charge is 0.384 e. The molecule has 1 aliphatic rings. The van der Waals surface area contributed by atoms with Gasteiger partial charge in [-0.2, -0.15) is 5.10 Å². The molecule has 0 spiro atoms. The van der Waals surface area contributed by atoms with Gasteiger partial charge in [0.2, 0.25) is 0 Å². The molecule has 5 nitrogen and oxygen atoms in total. The number of aryl methyl sites for hydroxylation is 1. The highest BCUT2D eigenvalue weighted by atomic mass is 32.2. The normalized spacial score (nSPS) is 30.7. The SMILES string of the molecule is Cn1cc(C2(O)CCS(=O)(=O)C2)cn1. The van der Waals surface area contributed by atoms with Crippen molar-refractivity contribution in [1.29, 1.82) is 0 Å². The van der Waals surface area contributed by atoms with Crippen LogP contribution in [0.1, 0.15) is 12.0 Å². The van der Waals surface area contributed by atoms with Gasteiger partial charge < -0.3 is 5.11 Å². The van der Waals surface area contributed by atoms with Crippen molar-refractivity contribution in [3.05, 3.63) is 18.0 Å². The first-order valence-electron chi connectivity index (χ1n) is 4.33. The van der Waals surface area contributed by atoms with Crippen LogP contribution < -0.4 is 0 Å². The Balaban J connectivity index is 2.36. The summed E-state index contributed by atoms with van der Waals surface area (Å²) in [6.07, 6.45) is 3.43. The molecule has 1 aliphatic heterocycles. The molecular formula is C8H12N2O3S. The fraction of sp³-hybridized carbons (Fsp3) is 0.625. The average Bonchev–Trinajstić information content (AvgIpc) is 2.57. The summed E-state index contributed by atoms with van der Waals surface area (Å²) in [5.41, 5.74) is -0.645. The van der Waals surface area contributed by atoms with Crippen LogP contribution in [0.4, 0.5) is 0 Å². The van der Waals surface area contributed by atoms with Crippen LogP contribution >= 0.6 is 0 Å². The molecule has 0 bridgehead atoms. The second-order valence-corrected chi connectivity index (χ2v) is 5.96. The van der Waals surface area contributed by atoms with Gasteiger partial charge in [-0.25, -0.2) is 8.42 Å². The number of rotatable bonds is 1. The summed E-state index contributed by atoms with van der Waals surface area (Å²) in [5.74, 6) is -0.135. The molecule has 0 saturated carbocycles. The number of sulfone groups is 1. The van der Waals surface area contributed by atoms with Crippen LogP contribution in [0, 0.1) is 0 Å². The Morgan fingerprint density at radius 1 is 1.64 bits per heavy atom. The highest BCUT2D eigenvalue weighted by Gasteiger charge is 2.42. The maximum Gasteiger partial charge on any atom is 0.153 e. The van der Waals surface area contributed by atoms with Crippen molar-refractivity contribution in [2.24, 2.45) is 7.05 Å². The summed E-state index contributed by atoms with van der Waals surface area (Å²) in [7, 11) is -1.35. The Hall–Kier alpha value is -0.880. The van der Waals surface area contributed by atoms with Crippen molar-refractivity contribution in [3.8, 4) is 0 Å². The molecule has 0 aliphatic carbocycles. The second kappa shape index (κ2) is 2.80. The van der Waals surface area contributed by atoms with Gasteiger partial charge in [-0.3, -0.25) is 4.68 Å². The third kappa shape index (κ3) is 1.55. The maximum atomic E-state index is 11.2. The number of hydrogen-bond donors (Lipinski definition) is 1. The summed E-state index contributed by atoms with van der Waals surface area (Å²) >= 11 is 0. The van der Waals surface area contributed by atoms with E-state index in [1.165, 1.54) is 6.20 Å².